The highest BCUT2D eigenvalue weighted by atomic mass is 16.4. The largest absolute Gasteiger partial charge is 0.530 e. The van der Waals surface area contributed by atoms with Gasteiger partial charge in [-0.15, -0.1) is 0 Å². The summed E-state index contributed by atoms with van der Waals surface area (Å²) in [6.07, 6.45) is 13.1. The quantitative estimate of drug-likeness (QED) is 0.225. The van der Waals surface area contributed by atoms with Gasteiger partial charge in [-0.25, -0.2) is 0 Å². The molecule has 2 aromatic rings. The number of carboxylic acid groups (broad SMARTS) is 1. The Bertz CT molecular complexity index is 1000. The molecule has 4 nitrogen and oxygen atoms in total. The maximum atomic E-state index is 11.7. The van der Waals surface area contributed by atoms with E-state index in [0.29, 0.717) is 13.1 Å². The Kier molecular flexibility index (Phi) is 10.6. The van der Waals surface area contributed by atoms with Crippen molar-refractivity contribution in [2.24, 2.45) is 0 Å². The molecule has 0 saturated heterocycles. The van der Waals surface area contributed by atoms with E-state index in [2.05, 4.69) is 80.9 Å². The van der Waals surface area contributed by atoms with Gasteiger partial charge in [0.15, 0.2) is 12.8 Å². The fourth-order valence-corrected chi connectivity index (χ4v) is 5.00. The van der Waals surface area contributed by atoms with Crippen molar-refractivity contribution in [2.75, 3.05) is 13.1 Å². The van der Waals surface area contributed by atoms with E-state index in [-0.39, 0.29) is 5.41 Å². The molecule has 36 heavy (non-hydrogen) atoms. The second kappa shape index (κ2) is 13.6. The Labute approximate surface area is 219 Å². The van der Waals surface area contributed by atoms with E-state index in [1.54, 1.807) is 0 Å². The molecule has 0 atom stereocenters. The minimum atomic E-state index is -1.07. The van der Waals surface area contributed by atoms with E-state index < -0.39 is 6.09 Å². The number of carbonyl (C=O) groups is 1. The maximum Gasteiger partial charge on any atom is 0.205 e. The summed E-state index contributed by atoms with van der Waals surface area (Å²) in [5, 5.41) is 11.7. The van der Waals surface area contributed by atoms with Crippen LogP contribution in [0.4, 0.5) is 10.5 Å². The first-order chi connectivity index (χ1) is 17.3. The van der Waals surface area contributed by atoms with Crippen molar-refractivity contribution < 1.29 is 14.5 Å². The second-order valence-electron chi connectivity index (χ2n) is 11.4. The number of nitrogens with zero attached hydrogens (tertiary/aromatic N) is 2. The Hall–Kier alpha value is -2.62. The lowest BCUT2D eigenvalue weighted by Crippen LogP contribution is -2.41. The average molecular weight is 491 g/mol. The van der Waals surface area contributed by atoms with Crippen molar-refractivity contribution in [3.05, 3.63) is 64.7 Å². The Morgan fingerprint density at radius 2 is 1.56 bits per heavy atom. The number of hydrogen-bond acceptors (Lipinski definition) is 2. The van der Waals surface area contributed by atoms with Crippen LogP contribution < -0.4 is 5.11 Å². The van der Waals surface area contributed by atoms with E-state index in [1.807, 2.05) is 0 Å². The first kappa shape index (κ1) is 28.0. The molecule has 0 unspecified atom stereocenters. The summed E-state index contributed by atoms with van der Waals surface area (Å²) in [7, 11) is 0. The Balaban J connectivity index is 1.52. The number of amides is 1. The van der Waals surface area contributed by atoms with E-state index in [9.17, 15) is 9.90 Å². The summed E-state index contributed by atoms with van der Waals surface area (Å²) in [6.45, 7) is 10.8. The fourth-order valence-electron chi connectivity index (χ4n) is 5.00. The third-order valence-corrected chi connectivity index (χ3v) is 7.35. The van der Waals surface area contributed by atoms with Crippen molar-refractivity contribution in [1.82, 2.24) is 4.90 Å². The zero-order valence-electron chi connectivity index (χ0n) is 23.0. The van der Waals surface area contributed by atoms with Crippen molar-refractivity contribution in [3.63, 3.8) is 0 Å². The van der Waals surface area contributed by atoms with Crippen molar-refractivity contribution in [3.8, 4) is 0 Å². The SMILES string of the molecule is CCCCCCCCCCCN(Cc1ccc2c(c1)CC[N+](c1ccc(C(C)(C)C)cc1)=C2)C(=O)[O-]. The topological polar surface area (TPSA) is 46.4 Å². The standard InChI is InChI=1S/C32H46N2O2/c1-5-6-7-8-9-10-11-12-13-21-34(31(35)36)24-26-14-15-28-25-33(22-20-27(28)23-26)30-18-16-29(17-19-30)32(2,3)4/h14-19,23,25H,5-13,20-22,24H2,1-4H3. The van der Waals surface area contributed by atoms with Crippen LogP contribution in [0.5, 0.6) is 0 Å². The smallest absolute Gasteiger partial charge is 0.205 e. The van der Waals surface area contributed by atoms with Crippen LogP contribution in [0, 0.1) is 0 Å². The van der Waals surface area contributed by atoms with Crippen LogP contribution in [0.15, 0.2) is 42.5 Å². The normalized spacial score (nSPS) is 13.3. The molecule has 0 fully saturated rings. The van der Waals surface area contributed by atoms with E-state index in [1.165, 1.54) is 72.2 Å². The summed E-state index contributed by atoms with van der Waals surface area (Å²) in [5.41, 5.74) is 6.25. The zero-order chi connectivity index (χ0) is 26.0. The molecule has 1 aliphatic rings. The third kappa shape index (κ3) is 8.50. The molecule has 0 saturated carbocycles. The summed E-state index contributed by atoms with van der Waals surface area (Å²) in [5.74, 6) is 0. The highest BCUT2D eigenvalue weighted by Crippen LogP contribution is 2.26. The van der Waals surface area contributed by atoms with Gasteiger partial charge in [0.1, 0.15) is 6.09 Å². The number of rotatable bonds is 13. The highest BCUT2D eigenvalue weighted by Gasteiger charge is 2.20. The Morgan fingerprint density at radius 1 is 0.917 bits per heavy atom. The minimum Gasteiger partial charge on any atom is -0.530 e. The molecule has 4 heteroatoms. The van der Waals surface area contributed by atoms with E-state index >= 15 is 0 Å². The molecular weight excluding hydrogens is 444 g/mol. The highest BCUT2D eigenvalue weighted by molar-refractivity contribution is 5.80. The van der Waals surface area contributed by atoms with E-state index in [0.717, 1.165) is 31.4 Å². The lowest BCUT2D eigenvalue weighted by molar-refractivity contribution is -0.436. The number of hydrogen-bond donors (Lipinski definition) is 0. The van der Waals surface area contributed by atoms with Gasteiger partial charge in [-0.1, -0.05) is 103 Å². The van der Waals surface area contributed by atoms with Gasteiger partial charge in [0, 0.05) is 37.2 Å². The summed E-state index contributed by atoms with van der Waals surface area (Å²) in [6, 6.07) is 15.2. The fraction of sp³-hybridized carbons (Fsp3) is 0.562. The first-order valence-electron chi connectivity index (χ1n) is 14.1. The van der Waals surface area contributed by atoms with Crippen molar-refractivity contribution >= 4 is 18.0 Å². The molecule has 0 aromatic heterocycles. The summed E-state index contributed by atoms with van der Waals surface area (Å²) < 4.78 is 2.31. The van der Waals surface area contributed by atoms with Gasteiger partial charge >= 0.3 is 0 Å². The minimum absolute atomic E-state index is 0.153. The molecule has 0 spiro atoms. The molecule has 0 N–H and O–H groups in total. The number of unbranched alkanes of at least 4 members (excludes halogenated alkanes) is 8. The van der Waals surface area contributed by atoms with E-state index in [4.69, 9.17) is 0 Å². The van der Waals surface area contributed by atoms with Crippen LogP contribution in [0.2, 0.25) is 0 Å². The maximum absolute atomic E-state index is 11.7. The van der Waals surface area contributed by atoms with Gasteiger partial charge in [0.05, 0.1) is 0 Å². The summed E-state index contributed by atoms with van der Waals surface area (Å²) in [4.78, 5) is 13.2. The van der Waals surface area contributed by atoms with Gasteiger partial charge in [-0.3, -0.25) is 0 Å². The lowest BCUT2D eigenvalue weighted by atomic mass is 9.87. The molecule has 0 radical (unpaired) electrons. The van der Waals surface area contributed by atoms with Crippen LogP contribution >= 0.6 is 0 Å². The first-order valence-corrected chi connectivity index (χ1v) is 14.1. The molecule has 2 aromatic carbocycles. The van der Waals surface area contributed by atoms with Crippen LogP contribution in [-0.4, -0.2) is 34.9 Å². The van der Waals surface area contributed by atoms with Crippen LogP contribution in [0.1, 0.15) is 108 Å². The molecule has 1 aliphatic heterocycles. The number of carbonyl (C=O) groups excluding carboxylic acids is 1. The monoisotopic (exact) mass is 490 g/mol. The van der Waals surface area contributed by atoms with Crippen LogP contribution in [-0.2, 0) is 18.4 Å². The van der Waals surface area contributed by atoms with Crippen LogP contribution in [0.25, 0.3) is 0 Å². The van der Waals surface area contributed by atoms with Gasteiger partial charge < -0.3 is 14.8 Å². The molecule has 0 bridgehead atoms. The Morgan fingerprint density at radius 3 is 2.17 bits per heavy atom. The second-order valence-corrected chi connectivity index (χ2v) is 11.4. The molecule has 1 heterocycles. The predicted octanol–water partition coefficient (Wildman–Crippen LogP) is 6.98. The number of benzene rings is 2. The van der Waals surface area contributed by atoms with Gasteiger partial charge in [0.2, 0.25) is 5.69 Å². The third-order valence-electron chi connectivity index (χ3n) is 7.35. The predicted molar refractivity (Wildman–Crippen MR) is 148 cm³/mol. The molecule has 1 amide bonds. The molecular formula is C32H46N2O2. The molecule has 196 valence electrons. The van der Waals surface area contributed by atoms with Gasteiger partial charge in [-0.2, -0.15) is 4.58 Å². The van der Waals surface area contributed by atoms with Gasteiger partial charge in [0.25, 0.3) is 0 Å². The lowest BCUT2D eigenvalue weighted by Gasteiger charge is -2.26. The zero-order valence-corrected chi connectivity index (χ0v) is 23.0. The van der Waals surface area contributed by atoms with Crippen molar-refractivity contribution in [1.29, 1.82) is 0 Å². The van der Waals surface area contributed by atoms with Crippen molar-refractivity contribution in [2.45, 2.75) is 104 Å². The average Bonchev–Trinajstić information content (AvgIpc) is 2.86. The van der Waals surface area contributed by atoms with Crippen LogP contribution in [0.3, 0.4) is 0 Å². The summed E-state index contributed by atoms with van der Waals surface area (Å²) >= 11 is 0. The molecule has 3 rings (SSSR count). The number of fused-ring (bicyclic) bond motifs is 1. The van der Waals surface area contributed by atoms with Gasteiger partial charge in [-0.05, 0) is 34.6 Å². The molecule has 0 aliphatic carbocycles.